The van der Waals surface area contributed by atoms with Gasteiger partial charge in [0, 0.05) is 32.5 Å². The molecule has 0 aliphatic heterocycles. The van der Waals surface area contributed by atoms with E-state index >= 15 is 0 Å². The van der Waals surface area contributed by atoms with Crippen molar-refractivity contribution in [1.29, 1.82) is 0 Å². The lowest BCUT2D eigenvalue weighted by Crippen LogP contribution is -2.07. The van der Waals surface area contributed by atoms with Gasteiger partial charge in [-0.1, -0.05) is 36.4 Å². The molecular weight excluding hydrogens is 284 g/mol. The van der Waals surface area contributed by atoms with Gasteiger partial charge in [0.1, 0.15) is 0 Å². The fourth-order valence-electron chi connectivity index (χ4n) is 2.09. The molecule has 0 unspecified atom stereocenters. The third-order valence-corrected chi connectivity index (χ3v) is 3.46. The van der Waals surface area contributed by atoms with Crippen LogP contribution in [0.25, 0.3) is 12.2 Å². The van der Waals surface area contributed by atoms with Crippen molar-refractivity contribution in [2.24, 2.45) is 0 Å². The van der Waals surface area contributed by atoms with Crippen molar-refractivity contribution in [3.63, 3.8) is 0 Å². The summed E-state index contributed by atoms with van der Waals surface area (Å²) in [5, 5.41) is 3.08. The van der Waals surface area contributed by atoms with Crippen LogP contribution in [-0.4, -0.2) is 26.9 Å². The molecule has 118 valence electrons. The van der Waals surface area contributed by atoms with Crippen LogP contribution < -0.4 is 10.2 Å². The van der Waals surface area contributed by atoms with Crippen molar-refractivity contribution in [3.8, 4) is 0 Å². The number of anilines is 2. The second kappa shape index (κ2) is 7.99. The predicted molar refractivity (Wildman–Crippen MR) is 99.8 cm³/mol. The summed E-state index contributed by atoms with van der Waals surface area (Å²) in [5.74, 6) is -0.0310. The molecule has 2 aromatic carbocycles. The lowest BCUT2D eigenvalue weighted by atomic mass is 10.1. The molecule has 0 amide bonds. The quantitative estimate of drug-likeness (QED) is 0.816. The first kappa shape index (κ1) is 16.6. The fraction of sp³-hybridized carbons (Fsp3) is 0.150. The third kappa shape index (κ3) is 5.15. The molecule has 3 heteroatoms. The van der Waals surface area contributed by atoms with Crippen LogP contribution in [0.3, 0.4) is 0 Å². The van der Waals surface area contributed by atoms with Crippen molar-refractivity contribution in [1.82, 2.24) is 0 Å². The number of hydrogen-bond donors (Lipinski definition) is 1. The zero-order valence-electron chi connectivity index (χ0n) is 13.8. The standard InChI is InChI=1S/C20H22N2O/c1-21-18-6-4-5-17(15-18)10-14-20(23)13-9-16-7-11-19(12-8-16)22(2)3/h4-15,21H,1-3H3/b13-9+,14-10+. The third-order valence-electron chi connectivity index (χ3n) is 3.46. The van der Waals surface area contributed by atoms with E-state index in [1.54, 1.807) is 12.2 Å². The minimum atomic E-state index is -0.0310. The highest BCUT2D eigenvalue weighted by Gasteiger charge is 1.95. The number of carbonyl (C=O) groups is 1. The van der Waals surface area contributed by atoms with Gasteiger partial charge < -0.3 is 10.2 Å². The molecule has 3 nitrogen and oxygen atoms in total. The van der Waals surface area contributed by atoms with E-state index in [1.165, 1.54) is 0 Å². The minimum Gasteiger partial charge on any atom is -0.388 e. The first-order chi connectivity index (χ1) is 11.1. The van der Waals surface area contributed by atoms with E-state index in [1.807, 2.05) is 86.7 Å². The summed E-state index contributed by atoms with van der Waals surface area (Å²) in [6.45, 7) is 0. The molecule has 0 radical (unpaired) electrons. The minimum absolute atomic E-state index is 0.0310. The molecule has 0 bridgehead atoms. The van der Waals surface area contributed by atoms with Crippen LogP contribution in [-0.2, 0) is 4.79 Å². The van der Waals surface area contributed by atoms with Gasteiger partial charge >= 0.3 is 0 Å². The first-order valence-electron chi connectivity index (χ1n) is 7.54. The normalized spacial score (nSPS) is 11.1. The Balaban J connectivity index is 1.99. The molecule has 0 heterocycles. The number of hydrogen-bond acceptors (Lipinski definition) is 3. The molecule has 2 rings (SSSR count). The monoisotopic (exact) mass is 306 g/mol. The topological polar surface area (TPSA) is 32.3 Å². The predicted octanol–water partition coefficient (Wildman–Crippen LogP) is 4.09. The molecule has 0 aliphatic carbocycles. The number of allylic oxidation sites excluding steroid dienone is 2. The van der Waals surface area contributed by atoms with E-state index in [9.17, 15) is 4.79 Å². The Kier molecular flexibility index (Phi) is 5.75. The Hall–Kier alpha value is -2.81. The molecule has 0 aliphatic rings. The highest BCUT2D eigenvalue weighted by atomic mass is 16.1. The Bertz CT molecular complexity index is 713. The second-order valence-corrected chi connectivity index (χ2v) is 5.43. The lowest BCUT2D eigenvalue weighted by Gasteiger charge is -2.11. The van der Waals surface area contributed by atoms with E-state index in [-0.39, 0.29) is 5.78 Å². The van der Waals surface area contributed by atoms with E-state index in [0.717, 1.165) is 22.5 Å². The Labute approximate surface area is 138 Å². The Morgan fingerprint density at radius 3 is 2.22 bits per heavy atom. The van der Waals surface area contributed by atoms with Crippen molar-refractivity contribution in [2.75, 3.05) is 31.4 Å². The molecule has 0 saturated heterocycles. The van der Waals surface area contributed by atoms with Gasteiger partial charge in [0.2, 0.25) is 0 Å². The van der Waals surface area contributed by atoms with Gasteiger partial charge in [0.25, 0.3) is 0 Å². The summed E-state index contributed by atoms with van der Waals surface area (Å²) in [7, 11) is 5.88. The number of nitrogens with one attached hydrogen (secondary N) is 1. The van der Waals surface area contributed by atoms with Crippen LogP contribution in [0.2, 0.25) is 0 Å². The molecule has 23 heavy (non-hydrogen) atoms. The van der Waals surface area contributed by atoms with Gasteiger partial charge in [-0.05, 0) is 47.5 Å². The van der Waals surface area contributed by atoms with Crippen LogP contribution in [0.1, 0.15) is 11.1 Å². The summed E-state index contributed by atoms with van der Waals surface area (Å²) in [5.41, 5.74) is 4.16. The molecule has 0 fully saturated rings. The maximum atomic E-state index is 11.9. The van der Waals surface area contributed by atoms with E-state index < -0.39 is 0 Å². The number of carbonyl (C=O) groups excluding carboxylic acids is 1. The van der Waals surface area contributed by atoms with Gasteiger partial charge in [0.05, 0.1) is 0 Å². The number of ketones is 1. The van der Waals surface area contributed by atoms with Gasteiger partial charge in [0.15, 0.2) is 5.78 Å². The zero-order valence-corrected chi connectivity index (χ0v) is 13.8. The lowest BCUT2D eigenvalue weighted by molar-refractivity contribution is -0.110. The fourth-order valence-corrected chi connectivity index (χ4v) is 2.09. The summed E-state index contributed by atoms with van der Waals surface area (Å²) in [6.07, 6.45) is 6.82. The molecule has 1 N–H and O–H groups in total. The van der Waals surface area contributed by atoms with Crippen molar-refractivity contribution in [3.05, 3.63) is 71.8 Å². The Morgan fingerprint density at radius 2 is 1.61 bits per heavy atom. The van der Waals surface area contributed by atoms with Crippen molar-refractivity contribution < 1.29 is 4.79 Å². The molecule has 0 spiro atoms. The first-order valence-corrected chi connectivity index (χ1v) is 7.54. The smallest absolute Gasteiger partial charge is 0.178 e. The van der Waals surface area contributed by atoms with Gasteiger partial charge in [-0.15, -0.1) is 0 Å². The largest absolute Gasteiger partial charge is 0.388 e. The average Bonchev–Trinajstić information content (AvgIpc) is 2.58. The van der Waals surface area contributed by atoms with E-state index in [0.29, 0.717) is 0 Å². The van der Waals surface area contributed by atoms with Crippen LogP contribution in [0.5, 0.6) is 0 Å². The van der Waals surface area contributed by atoms with Crippen LogP contribution in [0.15, 0.2) is 60.7 Å². The van der Waals surface area contributed by atoms with Crippen LogP contribution in [0.4, 0.5) is 11.4 Å². The summed E-state index contributed by atoms with van der Waals surface area (Å²) >= 11 is 0. The number of benzene rings is 2. The molecular formula is C20H22N2O. The summed E-state index contributed by atoms with van der Waals surface area (Å²) in [6, 6.07) is 16.0. The van der Waals surface area contributed by atoms with E-state index in [2.05, 4.69) is 5.32 Å². The molecule has 0 atom stereocenters. The van der Waals surface area contributed by atoms with Gasteiger partial charge in [-0.2, -0.15) is 0 Å². The highest BCUT2D eigenvalue weighted by Crippen LogP contribution is 2.13. The van der Waals surface area contributed by atoms with Gasteiger partial charge in [-0.25, -0.2) is 0 Å². The SMILES string of the molecule is CNc1cccc(/C=C/C(=O)/C=C/c2ccc(N(C)C)cc2)c1. The number of rotatable bonds is 6. The van der Waals surface area contributed by atoms with Crippen LogP contribution in [0, 0.1) is 0 Å². The van der Waals surface area contributed by atoms with Gasteiger partial charge in [-0.3, -0.25) is 4.79 Å². The highest BCUT2D eigenvalue weighted by molar-refractivity contribution is 6.04. The zero-order chi connectivity index (χ0) is 16.7. The maximum Gasteiger partial charge on any atom is 0.178 e. The molecule has 0 saturated carbocycles. The maximum absolute atomic E-state index is 11.9. The van der Waals surface area contributed by atoms with Crippen LogP contribution >= 0.6 is 0 Å². The van der Waals surface area contributed by atoms with Crippen molar-refractivity contribution >= 4 is 29.3 Å². The summed E-state index contributed by atoms with van der Waals surface area (Å²) in [4.78, 5) is 14.0. The second-order valence-electron chi connectivity index (χ2n) is 5.43. The summed E-state index contributed by atoms with van der Waals surface area (Å²) < 4.78 is 0. The average molecular weight is 306 g/mol. The van der Waals surface area contributed by atoms with Crippen molar-refractivity contribution in [2.45, 2.75) is 0 Å². The molecule has 2 aromatic rings. The molecule has 0 aromatic heterocycles. The Morgan fingerprint density at radius 1 is 0.957 bits per heavy atom. The van der Waals surface area contributed by atoms with E-state index in [4.69, 9.17) is 0 Å². The number of nitrogens with zero attached hydrogens (tertiary/aromatic N) is 1.